The lowest BCUT2D eigenvalue weighted by molar-refractivity contribution is -0.121. The van der Waals surface area contributed by atoms with Crippen LogP contribution in [0.25, 0.3) is 10.9 Å². The molecule has 1 aromatic heterocycles. The average Bonchev–Trinajstić information content (AvgIpc) is 2.46. The van der Waals surface area contributed by atoms with Crippen molar-refractivity contribution < 1.29 is 4.79 Å². The number of aromatic nitrogens is 1. The summed E-state index contributed by atoms with van der Waals surface area (Å²) in [6, 6.07) is 9.36. The number of rotatable bonds is 4. The molecule has 2 aromatic rings. The summed E-state index contributed by atoms with van der Waals surface area (Å²) in [5.74, 6) is -0.191. The molecule has 0 aliphatic carbocycles. The second-order valence-corrected chi connectivity index (χ2v) is 5.32. The van der Waals surface area contributed by atoms with Gasteiger partial charge in [0.2, 0.25) is 5.91 Å². The second-order valence-electron chi connectivity index (χ2n) is 4.88. The molecule has 3 N–H and O–H groups in total. The van der Waals surface area contributed by atoms with E-state index in [1.54, 1.807) is 13.1 Å². The van der Waals surface area contributed by atoms with E-state index in [0.29, 0.717) is 6.42 Å². The predicted octanol–water partition coefficient (Wildman–Crippen LogP) is 2.88. The van der Waals surface area contributed by atoms with Gasteiger partial charge in [-0.3, -0.25) is 9.78 Å². The van der Waals surface area contributed by atoms with Crippen molar-refractivity contribution in [2.45, 2.75) is 20.3 Å². The molecule has 0 fully saturated rings. The molecule has 4 nitrogen and oxygen atoms in total. The van der Waals surface area contributed by atoms with Gasteiger partial charge in [-0.15, -0.1) is 0 Å². The van der Waals surface area contributed by atoms with Gasteiger partial charge >= 0.3 is 0 Å². The van der Waals surface area contributed by atoms with Gasteiger partial charge in [-0.25, -0.2) is 0 Å². The molecule has 0 aliphatic rings. The molecule has 0 bridgehead atoms. The molecule has 0 radical (unpaired) electrons. The number of hydrogen-bond acceptors (Lipinski definition) is 3. The van der Waals surface area contributed by atoms with Crippen LogP contribution >= 0.6 is 12.2 Å². The quantitative estimate of drug-likeness (QED) is 0.848. The maximum Gasteiger partial charge on any atom is 0.237 e. The summed E-state index contributed by atoms with van der Waals surface area (Å²) >= 11 is 5.02. The van der Waals surface area contributed by atoms with E-state index in [4.69, 9.17) is 18.0 Å². The van der Waals surface area contributed by atoms with Crippen molar-refractivity contribution in [3.05, 3.63) is 36.5 Å². The van der Waals surface area contributed by atoms with Crippen molar-refractivity contribution in [2.75, 3.05) is 5.32 Å². The highest BCUT2D eigenvalue weighted by atomic mass is 32.1. The molecular weight excluding hydrogens is 270 g/mol. The molecule has 1 unspecified atom stereocenters. The van der Waals surface area contributed by atoms with E-state index >= 15 is 0 Å². The van der Waals surface area contributed by atoms with Crippen LogP contribution in [0.2, 0.25) is 0 Å². The molecule has 1 atom stereocenters. The van der Waals surface area contributed by atoms with Gasteiger partial charge in [-0.2, -0.15) is 0 Å². The summed E-state index contributed by atoms with van der Waals surface area (Å²) in [5, 5.41) is 3.80. The Bertz CT molecular complexity index is 666. The fourth-order valence-electron chi connectivity index (χ4n) is 1.92. The Hall–Kier alpha value is -2.01. The van der Waals surface area contributed by atoms with E-state index in [1.165, 1.54) is 0 Å². The highest BCUT2D eigenvalue weighted by Crippen LogP contribution is 2.27. The first-order valence-corrected chi connectivity index (χ1v) is 6.85. The lowest BCUT2D eigenvalue weighted by atomic mass is 9.86. The first-order valence-electron chi connectivity index (χ1n) is 6.44. The van der Waals surface area contributed by atoms with Crippen molar-refractivity contribution in [3.8, 4) is 0 Å². The van der Waals surface area contributed by atoms with Gasteiger partial charge in [-0.1, -0.05) is 25.2 Å². The third-order valence-electron chi connectivity index (χ3n) is 3.65. The zero-order valence-electron chi connectivity index (χ0n) is 11.5. The lowest BCUT2D eigenvalue weighted by Crippen LogP contribution is -2.43. The molecule has 0 saturated heterocycles. The number of carbonyl (C=O) groups is 1. The van der Waals surface area contributed by atoms with E-state index in [0.717, 1.165) is 16.6 Å². The molecule has 2 rings (SSSR count). The van der Waals surface area contributed by atoms with Crippen molar-refractivity contribution in [1.29, 1.82) is 0 Å². The van der Waals surface area contributed by atoms with E-state index in [1.807, 2.05) is 37.3 Å². The van der Waals surface area contributed by atoms with Gasteiger partial charge < -0.3 is 11.1 Å². The minimum atomic E-state index is -0.848. The molecule has 104 valence electrons. The Balaban J connectivity index is 2.38. The van der Waals surface area contributed by atoms with Gasteiger partial charge in [0.1, 0.15) is 0 Å². The normalized spacial score (nSPS) is 13.7. The summed E-state index contributed by atoms with van der Waals surface area (Å²) < 4.78 is 0. The number of thiocarbonyl (C=S) groups is 1. The van der Waals surface area contributed by atoms with Crippen LogP contribution in [-0.4, -0.2) is 15.9 Å². The van der Waals surface area contributed by atoms with E-state index in [9.17, 15) is 4.79 Å². The van der Waals surface area contributed by atoms with Crippen LogP contribution in [0.1, 0.15) is 20.3 Å². The van der Waals surface area contributed by atoms with E-state index in [2.05, 4.69) is 10.3 Å². The molecule has 1 aromatic carbocycles. The van der Waals surface area contributed by atoms with Gasteiger partial charge in [0, 0.05) is 11.6 Å². The molecule has 0 aliphatic heterocycles. The van der Waals surface area contributed by atoms with Crippen LogP contribution in [0.3, 0.4) is 0 Å². The maximum absolute atomic E-state index is 12.5. The zero-order valence-corrected chi connectivity index (χ0v) is 12.3. The Kier molecular flexibility index (Phi) is 3.99. The molecule has 0 saturated carbocycles. The Morgan fingerprint density at radius 3 is 2.80 bits per heavy atom. The van der Waals surface area contributed by atoms with Crippen molar-refractivity contribution in [1.82, 2.24) is 4.98 Å². The fraction of sp³-hybridized carbons (Fsp3) is 0.267. The first kappa shape index (κ1) is 14.4. The number of benzene rings is 1. The number of nitrogens with one attached hydrogen (secondary N) is 1. The SMILES string of the molecule is CCC(C)(C(=O)Nc1cccc2ncccc12)C(N)=S. The van der Waals surface area contributed by atoms with Crippen LogP contribution in [0, 0.1) is 5.41 Å². The number of nitrogens with zero attached hydrogens (tertiary/aromatic N) is 1. The number of fused-ring (bicyclic) bond motifs is 1. The Morgan fingerprint density at radius 1 is 1.40 bits per heavy atom. The highest BCUT2D eigenvalue weighted by Gasteiger charge is 2.34. The maximum atomic E-state index is 12.5. The average molecular weight is 287 g/mol. The topological polar surface area (TPSA) is 68.0 Å². The zero-order chi connectivity index (χ0) is 14.8. The fourth-order valence-corrected chi connectivity index (χ4v) is 2.16. The van der Waals surface area contributed by atoms with Crippen LogP contribution < -0.4 is 11.1 Å². The Labute approximate surface area is 123 Å². The molecule has 0 spiro atoms. The van der Waals surface area contributed by atoms with Crippen LogP contribution in [-0.2, 0) is 4.79 Å². The lowest BCUT2D eigenvalue weighted by Gasteiger charge is -2.25. The predicted molar refractivity (Wildman–Crippen MR) is 85.6 cm³/mol. The largest absolute Gasteiger partial charge is 0.392 e. The van der Waals surface area contributed by atoms with Gasteiger partial charge in [0.05, 0.1) is 21.6 Å². The highest BCUT2D eigenvalue weighted by molar-refractivity contribution is 7.80. The molecule has 1 heterocycles. The number of pyridine rings is 1. The summed E-state index contributed by atoms with van der Waals surface area (Å²) in [5.41, 5.74) is 6.41. The minimum Gasteiger partial charge on any atom is -0.392 e. The third kappa shape index (κ3) is 2.49. The molecule has 20 heavy (non-hydrogen) atoms. The molecule has 5 heteroatoms. The number of nitrogens with two attached hydrogens (primary N) is 1. The van der Waals surface area contributed by atoms with Gasteiger partial charge in [0.25, 0.3) is 0 Å². The van der Waals surface area contributed by atoms with Gasteiger partial charge in [-0.05, 0) is 37.6 Å². The summed E-state index contributed by atoms with van der Waals surface area (Å²) in [7, 11) is 0. The number of amides is 1. The van der Waals surface area contributed by atoms with Crippen molar-refractivity contribution in [2.24, 2.45) is 11.1 Å². The molecule has 1 amide bonds. The monoisotopic (exact) mass is 287 g/mol. The summed E-state index contributed by atoms with van der Waals surface area (Å²) in [6.07, 6.45) is 2.27. The number of carbonyl (C=O) groups excluding carboxylic acids is 1. The van der Waals surface area contributed by atoms with Crippen LogP contribution in [0.4, 0.5) is 5.69 Å². The number of anilines is 1. The second kappa shape index (κ2) is 5.54. The van der Waals surface area contributed by atoms with Crippen molar-refractivity contribution >= 4 is 39.7 Å². The summed E-state index contributed by atoms with van der Waals surface area (Å²) in [6.45, 7) is 3.65. The molecular formula is C15H17N3OS. The minimum absolute atomic E-state index is 0.191. The standard InChI is InChI=1S/C15H17N3OS/c1-3-15(2,13(16)20)14(19)18-12-8-4-7-11-10(12)6-5-9-17-11/h4-9H,3H2,1-2H3,(H2,16,20)(H,18,19). The van der Waals surface area contributed by atoms with Crippen LogP contribution in [0.15, 0.2) is 36.5 Å². The smallest absolute Gasteiger partial charge is 0.237 e. The van der Waals surface area contributed by atoms with Gasteiger partial charge in [0.15, 0.2) is 0 Å². The first-order chi connectivity index (χ1) is 9.49. The van der Waals surface area contributed by atoms with Crippen molar-refractivity contribution in [3.63, 3.8) is 0 Å². The Morgan fingerprint density at radius 2 is 2.15 bits per heavy atom. The number of hydrogen-bond donors (Lipinski definition) is 2. The van der Waals surface area contributed by atoms with E-state index in [-0.39, 0.29) is 10.9 Å². The summed E-state index contributed by atoms with van der Waals surface area (Å²) in [4.78, 5) is 16.9. The van der Waals surface area contributed by atoms with E-state index < -0.39 is 5.41 Å². The third-order valence-corrected chi connectivity index (χ3v) is 4.10. The van der Waals surface area contributed by atoms with Crippen LogP contribution in [0.5, 0.6) is 0 Å².